The van der Waals surface area contributed by atoms with Crippen molar-refractivity contribution in [3.8, 4) is 5.75 Å². The molecule has 2 N–H and O–H groups in total. The number of thiocarbonyl (C=S) groups is 1. The van der Waals surface area contributed by atoms with Gasteiger partial charge < -0.3 is 15.3 Å². The smallest absolute Gasteiger partial charge is 0.179 e. The number of anilines is 1. The fourth-order valence-corrected chi connectivity index (χ4v) is 5.63. The van der Waals surface area contributed by atoms with Crippen LogP contribution in [0.25, 0.3) is 6.08 Å². The number of amidine groups is 1. The lowest BCUT2D eigenvalue weighted by Gasteiger charge is -2.41. The molecule has 0 bridgehead atoms. The van der Waals surface area contributed by atoms with E-state index >= 15 is 0 Å². The van der Waals surface area contributed by atoms with E-state index < -0.39 is 0 Å². The van der Waals surface area contributed by atoms with Gasteiger partial charge in [0.1, 0.15) is 17.1 Å². The van der Waals surface area contributed by atoms with Crippen LogP contribution in [0.3, 0.4) is 0 Å². The molecule has 0 radical (unpaired) electrons. The number of hydrogen-bond donors (Lipinski definition) is 2. The van der Waals surface area contributed by atoms with Gasteiger partial charge in [0, 0.05) is 15.7 Å². The summed E-state index contributed by atoms with van der Waals surface area (Å²) in [6.45, 7) is 6.57. The zero-order valence-corrected chi connectivity index (χ0v) is 22.1. The molecule has 4 rings (SSSR count). The van der Waals surface area contributed by atoms with Gasteiger partial charge in [-0.1, -0.05) is 81.5 Å². The first-order valence-corrected chi connectivity index (χ1v) is 12.9. The van der Waals surface area contributed by atoms with Crippen molar-refractivity contribution in [3.63, 3.8) is 0 Å². The quantitative estimate of drug-likeness (QED) is 0.411. The standard InChI is InChI=1S/C27H31Cl2N3OS/c1-26(2,3)23(14-8-18-7-9-19(28)17-22(18)29)30-24-27(15-5-4-6-16-27)32(25(34)31-24)20-10-12-21(33)13-11-20/h7-14,17,23,33H,4-6,15-16H2,1-3H3,(H,30,31,34)/b14-8+. The van der Waals surface area contributed by atoms with Gasteiger partial charge in [0.15, 0.2) is 5.11 Å². The topological polar surface area (TPSA) is 47.9 Å². The molecule has 2 fully saturated rings. The number of aromatic hydroxyl groups is 1. The second kappa shape index (κ2) is 9.88. The maximum Gasteiger partial charge on any atom is 0.179 e. The van der Waals surface area contributed by atoms with Gasteiger partial charge in [-0.15, -0.1) is 0 Å². The number of halogens is 2. The third-order valence-corrected chi connectivity index (χ3v) is 7.51. The van der Waals surface area contributed by atoms with E-state index in [1.165, 1.54) is 6.42 Å². The highest BCUT2D eigenvalue weighted by Crippen LogP contribution is 2.42. The van der Waals surface area contributed by atoms with Crippen LogP contribution in [0.2, 0.25) is 10.0 Å². The lowest BCUT2D eigenvalue weighted by molar-refractivity contribution is 0.357. The van der Waals surface area contributed by atoms with Gasteiger partial charge in [-0.3, -0.25) is 4.99 Å². The summed E-state index contributed by atoms with van der Waals surface area (Å²) >= 11 is 18.3. The van der Waals surface area contributed by atoms with Crippen LogP contribution < -0.4 is 10.2 Å². The third kappa shape index (κ3) is 5.12. The number of phenols is 1. The van der Waals surface area contributed by atoms with Crippen LogP contribution in [0.1, 0.15) is 58.4 Å². The maximum atomic E-state index is 9.80. The zero-order valence-electron chi connectivity index (χ0n) is 19.8. The summed E-state index contributed by atoms with van der Waals surface area (Å²) in [5, 5.41) is 15.2. The van der Waals surface area contributed by atoms with Gasteiger partial charge in [-0.05, 0) is 72.4 Å². The van der Waals surface area contributed by atoms with Crippen LogP contribution >= 0.6 is 35.4 Å². The molecule has 1 atom stereocenters. The van der Waals surface area contributed by atoms with E-state index in [1.807, 2.05) is 30.3 Å². The second-order valence-corrected chi connectivity index (χ2v) is 11.4. The SMILES string of the molecule is CC(C)(C)C(/C=C/c1ccc(Cl)cc1Cl)N=C1NC(=S)N(c2ccc(O)cc2)C12CCCCC2. The molecule has 0 amide bonds. The van der Waals surface area contributed by atoms with Crippen molar-refractivity contribution in [3.05, 3.63) is 64.1 Å². The summed E-state index contributed by atoms with van der Waals surface area (Å²) in [6.07, 6.45) is 9.54. The minimum atomic E-state index is -0.304. The van der Waals surface area contributed by atoms with Gasteiger partial charge in [-0.2, -0.15) is 0 Å². The van der Waals surface area contributed by atoms with E-state index in [9.17, 15) is 5.11 Å². The molecule has 2 aromatic carbocycles. The minimum absolute atomic E-state index is 0.0943. The van der Waals surface area contributed by atoms with Gasteiger partial charge >= 0.3 is 0 Å². The molecule has 180 valence electrons. The molecular formula is C27H31Cl2N3OS. The van der Waals surface area contributed by atoms with E-state index in [2.05, 4.69) is 37.1 Å². The van der Waals surface area contributed by atoms with Crippen LogP contribution in [-0.4, -0.2) is 27.6 Å². The summed E-state index contributed by atoms with van der Waals surface area (Å²) in [5.41, 5.74) is 1.46. The summed E-state index contributed by atoms with van der Waals surface area (Å²) in [7, 11) is 0. The Labute approximate surface area is 217 Å². The molecule has 4 nitrogen and oxygen atoms in total. The highest BCUT2D eigenvalue weighted by Gasteiger charge is 2.50. The Morgan fingerprint density at radius 2 is 1.76 bits per heavy atom. The molecule has 1 aliphatic carbocycles. The average molecular weight is 517 g/mol. The predicted molar refractivity (Wildman–Crippen MR) is 148 cm³/mol. The van der Waals surface area contributed by atoms with Crippen molar-refractivity contribution in [2.45, 2.75) is 64.5 Å². The largest absolute Gasteiger partial charge is 0.508 e. The van der Waals surface area contributed by atoms with Crippen LogP contribution in [0, 0.1) is 5.41 Å². The van der Waals surface area contributed by atoms with Crippen LogP contribution in [0.4, 0.5) is 5.69 Å². The Morgan fingerprint density at radius 3 is 2.38 bits per heavy atom. The molecule has 1 aliphatic heterocycles. The van der Waals surface area contributed by atoms with Crippen LogP contribution in [0.15, 0.2) is 53.5 Å². The van der Waals surface area contributed by atoms with E-state index in [-0.39, 0.29) is 22.7 Å². The molecule has 0 aromatic heterocycles. The molecule has 34 heavy (non-hydrogen) atoms. The number of benzene rings is 2. The maximum absolute atomic E-state index is 9.80. The molecule has 1 spiro atoms. The third-order valence-electron chi connectivity index (χ3n) is 6.66. The highest BCUT2D eigenvalue weighted by molar-refractivity contribution is 7.80. The van der Waals surface area contributed by atoms with Crippen molar-refractivity contribution in [1.82, 2.24) is 5.32 Å². The zero-order chi connectivity index (χ0) is 24.5. The first-order chi connectivity index (χ1) is 16.1. The summed E-state index contributed by atoms with van der Waals surface area (Å²) in [4.78, 5) is 7.51. The van der Waals surface area contributed by atoms with Crippen molar-refractivity contribution in [2.75, 3.05) is 4.90 Å². The number of hydrogen-bond acceptors (Lipinski definition) is 3. The first kappa shape index (κ1) is 25.0. The van der Waals surface area contributed by atoms with Crippen molar-refractivity contribution < 1.29 is 5.11 Å². The number of aliphatic imine (C=N–C) groups is 1. The van der Waals surface area contributed by atoms with Gasteiger partial charge in [0.25, 0.3) is 0 Å². The minimum Gasteiger partial charge on any atom is -0.508 e. The number of nitrogens with one attached hydrogen (secondary N) is 1. The Hall–Kier alpha value is -2.08. The Bertz CT molecular complexity index is 1120. The van der Waals surface area contributed by atoms with Crippen molar-refractivity contribution in [2.24, 2.45) is 10.4 Å². The van der Waals surface area contributed by atoms with Crippen LogP contribution in [0.5, 0.6) is 5.75 Å². The lowest BCUT2D eigenvalue weighted by Crippen LogP contribution is -2.51. The van der Waals surface area contributed by atoms with Crippen molar-refractivity contribution in [1.29, 1.82) is 0 Å². The molecular weight excluding hydrogens is 485 g/mol. The molecule has 1 saturated heterocycles. The van der Waals surface area contributed by atoms with E-state index in [4.69, 9.17) is 40.4 Å². The highest BCUT2D eigenvalue weighted by atomic mass is 35.5. The fraction of sp³-hybridized carbons (Fsp3) is 0.407. The Morgan fingerprint density at radius 1 is 1.09 bits per heavy atom. The summed E-state index contributed by atoms with van der Waals surface area (Å²) in [6, 6.07) is 12.7. The number of rotatable bonds is 4. The number of phenolic OH excluding ortho intramolecular Hbond substituents is 1. The van der Waals surface area contributed by atoms with Gasteiger partial charge in [0.05, 0.1) is 6.04 Å². The second-order valence-electron chi connectivity index (χ2n) is 10.2. The Kier molecular flexibility index (Phi) is 7.28. The summed E-state index contributed by atoms with van der Waals surface area (Å²) < 4.78 is 0. The van der Waals surface area contributed by atoms with Gasteiger partial charge in [-0.25, -0.2) is 0 Å². The summed E-state index contributed by atoms with van der Waals surface area (Å²) in [5.74, 6) is 1.17. The van der Waals surface area contributed by atoms with Gasteiger partial charge in [0.2, 0.25) is 0 Å². The molecule has 1 saturated carbocycles. The predicted octanol–water partition coefficient (Wildman–Crippen LogP) is 7.62. The first-order valence-electron chi connectivity index (χ1n) is 11.7. The fourth-order valence-electron chi connectivity index (χ4n) is 4.79. The van der Waals surface area contributed by atoms with Crippen molar-refractivity contribution >= 4 is 58.1 Å². The Balaban J connectivity index is 1.74. The van der Waals surface area contributed by atoms with Crippen LogP contribution in [-0.2, 0) is 0 Å². The van der Waals surface area contributed by atoms with E-state index in [1.54, 1.807) is 18.2 Å². The van der Waals surface area contributed by atoms with E-state index in [0.29, 0.717) is 15.2 Å². The molecule has 1 unspecified atom stereocenters. The molecule has 7 heteroatoms. The normalized spacial score (nSPS) is 20.3. The molecule has 2 aromatic rings. The lowest BCUT2D eigenvalue weighted by atomic mass is 9.79. The average Bonchev–Trinajstić information content (AvgIpc) is 3.03. The molecule has 1 heterocycles. The number of nitrogens with zero attached hydrogens (tertiary/aromatic N) is 2. The van der Waals surface area contributed by atoms with E-state index in [0.717, 1.165) is 42.8 Å². The monoisotopic (exact) mass is 515 g/mol. The molecule has 2 aliphatic rings.